The molecule has 2 aromatic heterocycles. The number of anilines is 1. The molecule has 2 rings (SSSR count). The van der Waals surface area contributed by atoms with Crippen molar-refractivity contribution in [2.45, 2.75) is 6.42 Å². The lowest BCUT2D eigenvalue weighted by atomic mass is 10.3. The van der Waals surface area contributed by atoms with Gasteiger partial charge < -0.3 is 15.0 Å². The van der Waals surface area contributed by atoms with Gasteiger partial charge in [0.1, 0.15) is 12.2 Å². The van der Waals surface area contributed by atoms with Gasteiger partial charge in [0.05, 0.1) is 4.92 Å². The molecule has 0 bridgehead atoms. The maximum atomic E-state index is 10.9. The van der Waals surface area contributed by atoms with E-state index in [1.54, 1.807) is 17.9 Å². The third-order valence-corrected chi connectivity index (χ3v) is 2.74. The molecular weight excluding hydrogens is 280 g/mol. The van der Waals surface area contributed by atoms with Gasteiger partial charge in [-0.2, -0.15) is 0 Å². The predicted octanol–water partition coefficient (Wildman–Crippen LogP) is 0.471. The van der Waals surface area contributed by atoms with Crippen LogP contribution < -0.4 is 5.32 Å². The monoisotopic (exact) mass is 292 g/mol. The number of nitrogens with zero attached hydrogens (tertiary/aromatic N) is 5. The molecule has 0 aliphatic carbocycles. The number of hydrogen-bond acceptors (Lipinski definition) is 7. The van der Waals surface area contributed by atoms with Crippen LogP contribution in [-0.2, 0) is 13.5 Å². The summed E-state index contributed by atoms with van der Waals surface area (Å²) in [6, 6.07) is 2.20. The average Bonchev–Trinajstić information content (AvgIpc) is 2.84. The van der Waals surface area contributed by atoms with Crippen LogP contribution in [0.3, 0.4) is 0 Å². The zero-order valence-corrected chi connectivity index (χ0v) is 11.1. The number of aromatic carboxylic acids is 1. The van der Waals surface area contributed by atoms with E-state index in [-0.39, 0.29) is 17.2 Å². The second-order valence-electron chi connectivity index (χ2n) is 4.16. The highest BCUT2D eigenvalue weighted by Crippen LogP contribution is 2.22. The van der Waals surface area contributed by atoms with Gasteiger partial charge in [-0.3, -0.25) is 10.1 Å². The number of aryl methyl sites for hydroxylation is 1. The second-order valence-corrected chi connectivity index (χ2v) is 4.16. The lowest BCUT2D eigenvalue weighted by molar-refractivity contribution is -0.384. The smallest absolute Gasteiger partial charge is 0.354 e. The fourth-order valence-corrected chi connectivity index (χ4v) is 1.67. The van der Waals surface area contributed by atoms with Crippen molar-refractivity contribution in [3.63, 3.8) is 0 Å². The highest BCUT2D eigenvalue weighted by Gasteiger charge is 2.18. The Bertz CT molecular complexity index is 683. The van der Waals surface area contributed by atoms with Crippen LogP contribution in [0.2, 0.25) is 0 Å². The number of carboxylic acids is 1. The summed E-state index contributed by atoms with van der Waals surface area (Å²) in [5.41, 5.74) is -0.542. The van der Waals surface area contributed by atoms with Crippen molar-refractivity contribution in [3.05, 3.63) is 40.1 Å². The van der Waals surface area contributed by atoms with Crippen LogP contribution in [0.5, 0.6) is 0 Å². The lowest BCUT2D eigenvalue weighted by Gasteiger charge is -2.06. The van der Waals surface area contributed by atoms with Crippen LogP contribution >= 0.6 is 0 Å². The number of aromatic nitrogens is 4. The number of hydrogen-bond donors (Lipinski definition) is 2. The summed E-state index contributed by atoms with van der Waals surface area (Å²) in [6.07, 6.45) is 2.01. The molecule has 110 valence electrons. The van der Waals surface area contributed by atoms with Crippen molar-refractivity contribution in [2.75, 3.05) is 11.9 Å². The summed E-state index contributed by atoms with van der Waals surface area (Å²) in [6.45, 7) is 0.309. The molecule has 0 radical (unpaired) electrons. The van der Waals surface area contributed by atoms with Crippen molar-refractivity contribution < 1.29 is 14.8 Å². The van der Waals surface area contributed by atoms with Crippen molar-refractivity contribution in [3.8, 4) is 0 Å². The van der Waals surface area contributed by atoms with E-state index >= 15 is 0 Å². The molecule has 0 spiro atoms. The molecule has 0 fully saturated rings. The molecule has 21 heavy (non-hydrogen) atoms. The molecule has 0 aromatic carbocycles. The Morgan fingerprint density at radius 2 is 2.29 bits per heavy atom. The van der Waals surface area contributed by atoms with Gasteiger partial charge in [-0.15, -0.1) is 10.2 Å². The van der Waals surface area contributed by atoms with Crippen LogP contribution in [0.1, 0.15) is 16.3 Å². The number of pyridine rings is 1. The summed E-state index contributed by atoms with van der Waals surface area (Å²) in [5, 5.41) is 30.1. The molecule has 0 unspecified atom stereocenters. The molecule has 0 aliphatic heterocycles. The van der Waals surface area contributed by atoms with Gasteiger partial charge in [-0.25, -0.2) is 9.78 Å². The Morgan fingerprint density at radius 3 is 2.86 bits per heavy atom. The van der Waals surface area contributed by atoms with Crippen molar-refractivity contribution >= 4 is 17.5 Å². The normalized spacial score (nSPS) is 10.3. The lowest BCUT2D eigenvalue weighted by Crippen LogP contribution is -2.12. The van der Waals surface area contributed by atoms with Gasteiger partial charge in [-0.1, -0.05) is 0 Å². The summed E-state index contributed by atoms with van der Waals surface area (Å²) < 4.78 is 1.72. The fourth-order valence-electron chi connectivity index (χ4n) is 1.67. The van der Waals surface area contributed by atoms with E-state index in [0.717, 1.165) is 12.1 Å². The molecule has 0 saturated carbocycles. The van der Waals surface area contributed by atoms with Crippen LogP contribution in [0, 0.1) is 10.1 Å². The van der Waals surface area contributed by atoms with Gasteiger partial charge >= 0.3 is 11.7 Å². The number of nitro groups is 1. The van der Waals surface area contributed by atoms with Crippen LogP contribution in [0.15, 0.2) is 18.5 Å². The van der Waals surface area contributed by atoms with E-state index in [2.05, 4.69) is 20.5 Å². The van der Waals surface area contributed by atoms with E-state index < -0.39 is 10.9 Å². The molecule has 0 amide bonds. The third-order valence-electron chi connectivity index (χ3n) is 2.74. The maximum absolute atomic E-state index is 10.9. The van der Waals surface area contributed by atoms with Crippen LogP contribution in [0.25, 0.3) is 0 Å². The zero-order chi connectivity index (χ0) is 15.4. The average molecular weight is 292 g/mol. The molecule has 2 heterocycles. The SMILES string of the molecule is Cn1cnnc1CCNc1nc(C(=O)O)ccc1[N+](=O)[O-]. The predicted molar refractivity (Wildman–Crippen MR) is 71.0 cm³/mol. The molecule has 0 atom stereocenters. The molecule has 10 heteroatoms. The van der Waals surface area contributed by atoms with Gasteiger partial charge in [0.25, 0.3) is 0 Å². The Balaban J connectivity index is 2.13. The first-order valence-corrected chi connectivity index (χ1v) is 5.94. The molecule has 10 nitrogen and oxygen atoms in total. The molecule has 0 aliphatic rings. The topological polar surface area (TPSA) is 136 Å². The van der Waals surface area contributed by atoms with Gasteiger partial charge in [0.2, 0.25) is 5.82 Å². The highest BCUT2D eigenvalue weighted by atomic mass is 16.6. The quantitative estimate of drug-likeness (QED) is 0.579. The summed E-state index contributed by atoms with van der Waals surface area (Å²) in [7, 11) is 1.78. The summed E-state index contributed by atoms with van der Waals surface area (Å²) in [4.78, 5) is 24.9. The van der Waals surface area contributed by atoms with Crippen LogP contribution in [0.4, 0.5) is 11.5 Å². The van der Waals surface area contributed by atoms with Crippen molar-refractivity contribution in [1.29, 1.82) is 0 Å². The van der Waals surface area contributed by atoms with Crippen molar-refractivity contribution in [2.24, 2.45) is 7.05 Å². The van der Waals surface area contributed by atoms with Crippen molar-refractivity contribution in [1.82, 2.24) is 19.7 Å². The number of carbonyl (C=O) groups is 1. The van der Waals surface area contributed by atoms with E-state index in [1.807, 2.05) is 0 Å². The Morgan fingerprint density at radius 1 is 1.52 bits per heavy atom. The molecule has 2 N–H and O–H groups in total. The Hall–Kier alpha value is -3.04. The minimum atomic E-state index is -1.25. The van der Waals surface area contributed by atoms with Crippen LogP contribution in [-0.4, -0.2) is 42.3 Å². The standard InChI is InChI=1S/C11H12N6O4/c1-16-6-13-15-9(16)4-5-12-10-8(17(20)21)3-2-7(14-10)11(18)19/h2-3,6H,4-5H2,1H3,(H,12,14)(H,18,19). The first-order valence-electron chi connectivity index (χ1n) is 5.94. The highest BCUT2D eigenvalue weighted by molar-refractivity contribution is 5.86. The van der Waals surface area contributed by atoms with E-state index in [0.29, 0.717) is 18.8 Å². The largest absolute Gasteiger partial charge is 0.477 e. The van der Waals surface area contributed by atoms with Gasteiger partial charge in [-0.05, 0) is 6.07 Å². The summed E-state index contributed by atoms with van der Waals surface area (Å²) in [5.74, 6) is -0.636. The van der Waals surface area contributed by atoms with E-state index in [1.165, 1.54) is 0 Å². The molecular formula is C11H12N6O4. The van der Waals surface area contributed by atoms with E-state index in [9.17, 15) is 14.9 Å². The molecule has 0 saturated heterocycles. The Labute approximate surface area is 118 Å². The second kappa shape index (κ2) is 5.94. The number of nitrogens with one attached hydrogen (secondary N) is 1. The first-order chi connectivity index (χ1) is 9.99. The minimum Gasteiger partial charge on any atom is -0.477 e. The van der Waals surface area contributed by atoms with Gasteiger partial charge in [0, 0.05) is 26.1 Å². The Kier molecular flexibility index (Phi) is 4.07. The van der Waals surface area contributed by atoms with E-state index in [4.69, 9.17) is 5.11 Å². The first kappa shape index (κ1) is 14.4. The maximum Gasteiger partial charge on any atom is 0.354 e. The van der Waals surface area contributed by atoms with Gasteiger partial charge in [0.15, 0.2) is 5.69 Å². The summed E-state index contributed by atoms with van der Waals surface area (Å²) >= 11 is 0. The zero-order valence-electron chi connectivity index (χ0n) is 11.1. The third kappa shape index (κ3) is 3.29. The number of rotatable bonds is 6. The fraction of sp³-hybridized carbons (Fsp3) is 0.273. The minimum absolute atomic E-state index is 0.0814. The number of carboxylic acid groups (broad SMARTS) is 1. The molecule has 2 aromatic rings.